The molecule has 2 aromatic carbocycles. The molecule has 0 N–H and O–H groups in total. The number of fused-ring (bicyclic) bond motifs is 2. The Labute approximate surface area is 159 Å². The summed E-state index contributed by atoms with van der Waals surface area (Å²) in [5, 5.41) is 0. The summed E-state index contributed by atoms with van der Waals surface area (Å²) in [6.07, 6.45) is 6.17. The first-order valence-electron chi connectivity index (χ1n) is 10.1. The number of aryl methyl sites for hydroxylation is 1. The van der Waals surface area contributed by atoms with E-state index in [1.807, 2.05) is 0 Å². The van der Waals surface area contributed by atoms with Gasteiger partial charge in [-0.05, 0) is 76.3 Å². The van der Waals surface area contributed by atoms with E-state index < -0.39 is 0 Å². The minimum Gasteiger partial charge on any atom is -0.0587 e. The van der Waals surface area contributed by atoms with Gasteiger partial charge in [-0.15, -0.1) is 0 Å². The molecular weight excluding hydrogens is 312 g/mol. The minimum absolute atomic E-state index is 0.273. The highest BCUT2D eigenvalue weighted by Crippen LogP contribution is 2.46. The molecule has 0 aromatic heterocycles. The van der Waals surface area contributed by atoms with Gasteiger partial charge in [0.2, 0.25) is 0 Å². The van der Waals surface area contributed by atoms with Crippen LogP contribution in [0.4, 0.5) is 0 Å². The molecule has 0 radical (unpaired) electrons. The molecule has 0 heterocycles. The fourth-order valence-electron chi connectivity index (χ4n) is 4.97. The SMILES string of the molecule is Cc1ccc2c(c1)CC(C)/C2=C\c1ccc2c(c1)C(C)(C)CCC2(C)C. The molecule has 0 heteroatoms. The minimum atomic E-state index is 0.273. The molecular formula is C26H32. The van der Waals surface area contributed by atoms with Crippen LogP contribution in [0.3, 0.4) is 0 Å². The second-order valence-electron chi connectivity index (χ2n) is 9.94. The summed E-state index contributed by atoms with van der Waals surface area (Å²) in [7, 11) is 0. The first-order chi connectivity index (χ1) is 12.2. The molecule has 1 atom stereocenters. The van der Waals surface area contributed by atoms with E-state index in [0.29, 0.717) is 11.3 Å². The van der Waals surface area contributed by atoms with Crippen LogP contribution >= 0.6 is 0 Å². The van der Waals surface area contributed by atoms with E-state index >= 15 is 0 Å². The van der Waals surface area contributed by atoms with Gasteiger partial charge in [-0.25, -0.2) is 0 Å². The van der Waals surface area contributed by atoms with Gasteiger partial charge in [0, 0.05) is 0 Å². The molecule has 0 aliphatic heterocycles. The lowest BCUT2D eigenvalue weighted by Crippen LogP contribution is -2.33. The van der Waals surface area contributed by atoms with Crippen LogP contribution in [-0.4, -0.2) is 0 Å². The zero-order valence-corrected chi connectivity index (χ0v) is 17.2. The Morgan fingerprint density at radius 1 is 0.885 bits per heavy atom. The second-order valence-corrected chi connectivity index (χ2v) is 9.94. The molecule has 2 aliphatic rings. The van der Waals surface area contributed by atoms with Crippen molar-refractivity contribution in [2.45, 2.75) is 71.6 Å². The number of rotatable bonds is 1. The van der Waals surface area contributed by atoms with Gasteiger partial charge in [-0.2, -0.15) is 0 Å². The van der Waals surface area contributed by atoms with Crippen molar-refractivity contribution in [3.63, 3.8) is 0 Å². The standard InChI is InChI=1S/C26H32/c1-17-7-9-21-20(13-17)14-18(2)22(21)15-19-8-10-23-24(16-19)26(5,6)12-11-25(23,3)4/h7-10,13,15-16,18H,11-12,14H2,1-6H3/b22-15+. The highest BCUT2D eigenvalue weighted by molar-refractivity contribution is 5.87. The van der Waals surface area contributed by atoms with Crippen LogP contribution in [0.15, 0.2) is 36.4 Å². The molecule has 136 valence electrons. The summed E-state index contributed by atoms with van der Waals surface area (Å²) in [6, 6.07) is 14.2. The summed E-state index contributed by atoms with van der Waals surface area (Å²) in [5.41, 5.74) is 10.9. The van der Waals surface area contributed by atoms with Crippen molar-refractivity contribution in [2.75, 3.05) is 0 Å². The largest absolute Gasteiger partial charge is 0.0587 e. The quantitative estimate of drug-likeness (QED) is 0.518. The van der Waals surface area contributed by atoms with E-state index in [2.05, 4.69) is 84.0 Å². The van der Waals surface area contributed by atoms with Gasteiger partial charge < -0.3 is 0 Å². The lowest BCUT2D eigenvalue weighted by molar-refractivity contribution is 0.332. The number of allylic oxidation sites excluding steroid dienone is 1. The molecule has 0 saturated heterocycles. The highest BCUT2D eigenvalue weighted by atomic mass is 14.4. The Kier molecular flexibility index (Phi) is 3.95. The van der Waals surface area contributed by atoms with E-state index in [1.54, 1.807) is 11.1 Å². The van der Waals surface area contributed by atoms with Crippen LogP contribution in [-0.2, 0) is 17.3 Å². The fourth-order valence-corrected chi connectivity index (χ4v) is 4.97. The molecule has 0 fully saturated rings. The lowest BCUT2D eigenvalue weighted by Gasteiger charge is -2.42. The first-order valence-corrected chi connectivity index (χ1v) is 10.1. The van der Waals surface area contributed by atoms with Crippen molar-refractivity contribution in [1.29, 1.82) is 0 Å². The maximum absolute atomic E-state index is 2.47. The van der Waals surface area contributed by atoms with Crippen LogP contribution in [0.1, 0.15) is 80.8 Å². The summed E-state index contributed by atoms with van der Waals surface area (Å²) < 4.78 is 0. The van der Waals surface area contributed by atoms with Crippen molar-refractivity contribution in [2.24, 2.45) is 5.92 Å². The van der Waals surface area contributed by atoms with Crippen LogP contribution in [0, 0.1) is 12.8 Å². The smallest absolute Gasteiger partial charge is 0.0100 e. The van der Waals surface area contributed by atoms with Crippen molar-refractivity contribution >= 4 is 11.6 Å². The zero-order valence-electron chi connectivity index (χ0n) is 17.2. The molecule has 2 aliphatic carbocycles. The average Bonchev–Trinajstić information content (AvgIpc) is 2.87. The van der Waals surface area contributed by atoms with E-state index in [1.165, 1.54) is 47.1 Å². The average molecular weight is 345 g/mol. The van der Waals surface area contributed by atoms with Crippen molar-refractivity contribution in [1.82, 2.24) is 0 Å². The van der Waals surface area contributed by atoms with Crippen LogP contribution in [0.2, 0.25) is 0 Å². The van der Waals surface area contributed by atoms with E-state index in [-0.39, 0.29) is 5.41 Å². The number of hydrogen-bond donors (Lipinski definition) is 0. The molecule has 0 spiro atoms. The topological polar surface area (TPSA) is 0 Å². The maximum Gasteiger partial charge on any atom is -0.0100 e. The molecule has 26 heavy (non-hydrogen) atoms. The van der Waals surface area contributed by atoms with Gasteiger partial charge in [0.05, 0.1) is 0 Å². The molecule has 2 aromatic rings. The van der Waals surface area contributed by atoms with Gasteiger partial charge >= 0.3 is 0 Å². The summed E-state index contributed by atoms with van der Waals surface area (Å²) in [4.78, 5) is 0. The van der Waals surface area contributed by atoms with Gasteiger partial charge in [0.25, 0.3) is 0 Å². The zero-order chi connectivity index (χ0) is 18.7. The predicted octanol–water partition coefficient (Wildman–Crippen LogP) is 7.08. The molecule has 4 rings (SSSR count). The third-order valence-electron chi connectivity index (χ3n) is 6.83. The van der Waals surface area contributed by atoms with Gasteiger partial charge in [-0.1, -0.05) is 82.7 Å². The Bertz CT molecular complexity index is 892. The van der Waals surface area contributed by atoms with Gasteiger partial charge in [-0.3, -0.25) is 0 Å². The summed E-state index contributed by atoms with van der Waals surface area (Å²) >= 11 is 0. The first kappa shape index (κ1) is 17.6. The van der Waals surface area contributed by atoms with E-state index in [0.717, 1.165) is 0 Å². The Hall–Kier alpha value is -1.82. The maximum atomic E-state index is 2.47. The monoisotopic (exact) mass is 344 g/mol. The fraction of sp³-hybridized carbons (Fsp3) is 0.462. The molecule has 0 bridgehead atoms. The summed E-state index contributed by atoms with van der Waals surface area (Å²) in [5.74, 6) is 0.604. The van der Waals surface area contributed by atoms with E-state index in [9.17, 15) is 0 Å². The number of hydrogen-bond acceptors (Lipinski definition) is 0. The van der Waals surface area contributed by atoms with E-state index in [4.69, 9.17) is 0 Å². The molecule has 0 saturated carbocycles. The van der Waals surface area contributed by atoms with Crippen molar-refractivity contribution < 1.29 is 0 Å². The lowest BCUT2D eigenvalue weighted by atomic mass is 9.63. The molecule has 0 nitrogen and oxygen atoms in total. The predicted molar refractivity (Wildman–Crippen MR) is 114 cm³/mol. The third kappa shape index (κ3) is 2.84. The normalized spacial score (nSPS) is 24.4. The van der Waals surface area contributed by atoms with Gasteiger partial charge in [0.15, 0.2) is 0 Å². The van der Waals surface area contributed by atoms with Crippen molar-refractivity contribution in [3.8, 4) is 0 Å². The van der Waals surface area contributed by atoms with Crippen LogP contribution < -0.4 is 0 Å². The van der Waals surface area contributed by atoms with Crippen LogP contribution in [0.5, 0.6) is 0 Å². The van der Waals surface area contributed by atoms with Crippen molar-refractivity contribution in [3.05, 3.63) is 69.8 Å². The number of benzene rings is 2. The summed E-state index contributed by atoms with van der Waals surface area (Å²) in [6.45, 7) is 14.2. The molecule has 0 amide bonds. The highest BCUT2D eigenvalue weighted by Gasteiger charge is 2.36. The Morgan fingerprint density at radius 3 is 2.31 bits per heavy atom. The Morgan fingerprint density at radius 2 is 1.58 bits per heavy atom. The van der Waals surface area contributed by atoms with Gasteiger partial charge in [0.1, 0.15) is 0 Å². The third-order valence-corrected chi connectivity index (χ3v) is 6.83. The van der Waals surface area contributed by atoms with Crippen LogP contribution in [0.25, 0.3) is 11.6 Å². The molecule has 1 unspecified atom stereocenters. The second kappa shape index (κ2) is 5.84. The Balaban J connectivity index is 1.80.